The summed E-state index contributed by atoms with van der Waals surface area (Å²) in [7, 11) is -1.44. The molecule has 0 amide bonds. The number of pyridine rings is 2. The van der Waals surface area contributed by atoms with Gasteiger partial charge in [0, 0.05) is 34.1 Å². The molecule has 4 aromatic rings. The molecule has 1 aliphatic rings. The van der Waals surface area contributed by atoms with Gasteiger partial charge in [-0.2, -0.15) is 0 Å². The monoisotopic (exact) mass is 368 g/mol. The van der Waals surface area contributed by atoms with E-state index in [1.54, 1.807) is 0 Å². The number of fused-ring (bicyclic) bond motifs is 4. The molecule has 1 aliphatic carbocycles. The summed E-state index contributed by atoms with van der Waals surface area (Å²) in [5.41, 5.74) is 6.01. The van der Waals surface area contributed by atoms with Gasteiger partial charge in [0.1, 0.15) is 0 Å². The van der Waals surface area contributed by atoms with Crippen LogP contribution in [0, 0.1) is 0 Å². The Morgan fingerprint density at radius 2 is 1.67 bits per heavy atom. The van der Waals surface area contributed by atoms with Crippen LogP contribution in [0.4, 0.5) is 0 Å². The third-order valence-corrected chi connectivity index (χ3v) is 8.08. The highest BCUT2D eigenvalue weighted by Crippen LogP contribution is 2.49. The van der Waals surface area contributed by atoms with Crippen molar-refractivity contribution in [3.8, 4) is 11.3 Å². The van der Waals surface area contributed by atoms with E-state index >= 15 is 0 Å². The van der Waals surface area contributed by atoms with E-state index in [0.717, 1.165) is 11.2 Å². The highest BCUT2D eigenvalue weighted by atomic mass is 28.3. The van der Waals surface area contributed by atoms with Crippen LogP contribution in [0.1, 0.15) is 25.0 Å². The number of aromatic nitrogens is 2. The van der Waals surface area contributed by atoms with Gasteiger partial charge in [-0.3, -0.25) is 9.97 Å². The largest absolute Gasteiger partial charge is 0.256 e. The second-order valence-electron chi connectivity index (χ2n) is 9.22. The van der Waals surface area contributed by atoms with Crippen LogP contribution in [0.2, 0.25) is 19.6 Å². The van der Waals surface area contributed by atoms with Gasteiger partial charge in [-0.05, 0) is 28.6 Å². The number of rotatable bonds is 1. The molecule has 0 bridgehead atoms. The van der Waals surface area contributed by atoms with Gasteiger partial charge in [0.25, 0.3) is 0 Å². The van der Waals surface area contributed by atoms with Gasteiger partial charge in [-0.25, -0.2) is 0 Å². The third kappa shape index (κ3) is 2.24. The van der Waals surface area contributed by atoms with Gasteiger partial charge >= 0.3 is 0 Å². The molecular weight excluding hydrogens is 344 g/mol. The van der Waals surface area contributed by atoms with Gasteiger partial charge in [-0.15, -0.1) is 0 Å². The molecule has 0 N–H and O–H groups in total. The molecule has 5 rings (SSSR count). The van der Waals surface area contributed by atoms with E-state index in [1.165, 1.54) is 38.0 Å². The van der Waals surface area contributed by atoms with Crippen molar-refractivity contribution in [2.24, 2.45) is 0 Å². The molecule has 0 aliphatic heterocycles. The van der Waals surface area contributed by atoms with Crippen molar-refractivity contribution in [2.75, 3.05) is 0 Å². The lowest BCUT2D eigenvalue weighted by Gasteiger charge is -2.36. The van der Waals surface area contributed by atoms with Crippen molar-refractivity contribution >= 4 is 34.9 Å². The zero-order chi connectivity index (χ0) is 19.0. The Bertz CT molecular complexity index is 1230. The molecule has 2 aromatic carbocycles. The van der Waals surface area contributed by atoms with Crippen LogP contribution < -0.4 is 5.19 Å². The average Bonchev–Trinajstić information content (AvgIpc) is 2.64. The maximum Gasteiger partial charge on any atom is 0.0787 e. The Hall–Kier alpha value is -2.52. The van der Waals surface area contributed by atoms with Crippen LogP contribution in [0.3, 0.4) is 0 Å². The molecule has 134 valence electrons. The predicted molar refractivity (Wildman–Crippen MR) is 118 cm³/mol. The number of nitrogens with zero attached hydrogens (tertiary/aromatic N) is 2. The summed E-state index contributed by atoms with van der Waals surface area (Å²) in [5.74, 6) is 0. The van der Waals surface area contributed by atoms with Crippen LogP contribution in [-0.4, -0.2) is 18.0 Å². The normalized spacial score (nSPS) is 15.1. The Labute approximate surface area is 161 Å². The lowest BCUT2D eigenvalue weighted by atomic mass is 9.69. The predicted octanol–water partition coefficient (Wildman–Crippen LogP) is 5.63. The quantitative estimate of drug-likeness (QED) is 0.407. The van der Waals surface area contributed by atoms with Gasteiger partial charge in [0.2, 0.25) is 0 Å². The molecule has 0 fully saturated rings. The summed E-state index contributed by atoms with van der Waals surface area (Å²) in [6, 6.07) is 15.6. The molecule has 0 radical (unpaired) electrons. The second kappa shape index (κ2) is 5.26. The van der Waals surface area contributed by atoms with E-state index < -0.39 is 8.07 Å². The first-order valence-electron chi connectivity index (χ1n) is 9.61. The lowest BCUT2D eigenvalue weighted by molar-refractivity contribution is 0.649. The van der Waals surface area contributed by atoms with Crippen molar-refractivity contribution in [1.29, 1.82) is 0 Å². The van der Waals surface area contributed by atoms with Crippen LogP contribution >= 0.6 is 0 Å². The van der Waals surface area contributed by atoms with E-state index in [-0.39, 0.29) is 5.41 Å². The van der Waals surface area contributed by atoms with E-state index in [1.807, 2.05) is 18.5 Å². The first kappa shape index (κ1) is 16.6. The smallest absolute Gasteiger partial charge is 0.0787 e. The first-order valence-corrected chi connectivity index (χ1v) is 13.1. The Morgan fingerprint density at radius 1 is 0.852 bits per heavy atom. The number of hydrogen-bond acceptors (Lipinski definition) is 2. The molecule has 0 saturated heterocycles. The fourth-order valence-corrected chi connectivity index (χ4v) is 5.72. The number of benzene rings is 2. The standard InChI is InChI=1S/C24H24N2Si/c1-24(2)19-14-17(27(3,4)5)13-16-10-12-26-23(20(16)19)18-9-8-15-7-6-11-25-22(15)21(18)24/h6-14H,1-5H3. The van der Waals surface area contributed by atoms with Crippen molar-refractivity contribution in [1.82, 2.24) is 9.97 Å². The van der Waals surface area contributed by atoms with E-state index in [4.69, 9.17) is 9.97 Å². The highest BCUT2D eigenvalue weighted by Gasteiger charge is 2.37. The van der Waals surface area contributed by atoms with E-state index in [9.17, 15) is 0 Å². The summed E-state index contributed by atoms with van der Waals surface area (Å²) < 4.78 is 0. The zero-order valence-corrected chi connectivity index (χ0v) is 17.6. The molecule has 27 heavy (non-hydrogen) atoms. The van der Waals surface area contributed by atoms with Crippen LogP contribution in [0.25, 0.3) is 32.9 Å². The Morgan fingerprint density at radius 3 is 2.44 bits per heavy atom. The fourth-order valence-electron chi connectivity index (χ4n) is 4.56. The first-order chi connectivity index (χ1) is 12.8. The van der Waals surface area contributed by atoms with Crippen LogP contribution in [0.5, 0.6) is 0 Å². The molecule has 0 unspecified atom stereocenters. The van der Waals surface area contributed by atoms with Gasteiger partial charge in [0.05, 0.1) is 19.3 Å². The van der Waals surface area contributed by atoms with Crippen molar-refractivity contribution in [2.45, 2.75) is 38.9 Å². The fraction of sp³-hybridized carbons (Fsp3) is 0.250. The molecule has 2 heterocycles. The number of hydrogen-bond donors (Lipinski definition) is 0. The summed E-state index contributed by atoms with van der Waals surface area (Å²) in [6.45, 7) is 12.0. The maximum atomic E-state index is 4.83. The lowest BCUT2D eigenvalue weighted by Crippen LogP contribution is -2.39. The maximum absolute atomic E-state index is 4.83. The molecule has 0 atom stereocenters. The SMILES string of the molecule is CC1(C)c2c(ccc3cccnc23)-c2nccc3cc([Si](C)(C)C)cc1c23. The minimum atomic E-state index is -1.44. The minimum absolute atomic E-state index is 0.118. The van der Waals surface area contributed by atoms with Crippen LogP contribution in [-0.2, 0) is 5.41 Å². The topological polar surface area (TPSA) is 25.8 Å². The van der Waals surface area contributed by atoms with Crippen molar-refractivity contribution in [3.05, 3.63) is 66.0 Å². The summed E-state index contributed by atoms with van der Waals surface area (Å²) in [6.07, 6.45) is 3.86. The van der Waals surface area contributed by atoms with E-state index in [2.05, 4.69) is 69.9 Å². The third-order valence-electron chi connectivity index (χ3n) is 6.06. The van der Waals surface area contributed by atoms with Crippen LogP contribution in [0.15, 0.2) is 54.9 Å². The minimum Gasteiger partial charge on any atom is -0.256 e. The summed E-state index contributed by atoms with van der Waals surface area (Å²) in [4.78, 5) is 9.61. The Kier molecular flexibility index (Phi) is 3.24. The Balaban J connectivity index is 1.99. The average molecular weight is 369 g/mol. The van der Waals surface area contributed by atoms with Gasteiger partial charge < -0.3 is 0 Å². The second-order valence-corrected chi connectivity index (χ2v) is 14.3. The van der Waals surface area contributed by atoms with E-state index in [0.29, 0.717) is 0 Å². The van der Waals surface area contributed by atoms with Crippen molar-refractivity contribution in [3.63, 3.8) is 0 Å². The highest BCUT2D eigenvalue weighted by molar-refractivity contribution is 6.88. The summed E-state index contributed by atoms with van der Waals surface area (Å²) >= 11 is 0. The summed E-state index contributed by atoms with van der Waals surface area (Å²) in [5, 5.41) is 5.33. The van der Waals surface area contributed by atoms with Crippen molar-refractivity contribution < 1.29 is 0 Å². The molecule has 0 spiro atoms. The molecule has 2 aromatic heterocycles. The molecule has 3 heteroatoms. The molecular formula is C24H24N2Si. The van der Waals surface area contributed by atoms with Gasteiger partial charge in [0.15, 0.2) is 0 Å². The van der Waals surface area contributed by atoms with Gasteiger partial charge in [-0.1, -0.05) is 69.0 Å². The molecule has 0 saturated carbocycles. The zero-order valence-electron chi connectivity index (χ0n) is 16.6. The molecule has 2 nitrogen and oxygen atoms in total.